The van der Waals surface area contributed by atoms with Crippen LogP contribution in [0.15, 0.2) is 0 Å². The molecule has 1 saturated heterocycles. The van der Waals surface area contributed by atoms with Crippen LogP contribution in [-0.4, -0.2) is 37.0 Å². The van der Waals surface area contributed by atoms with Crippen molar-refractivity contribution in [2.45, 2.75) is 76.9 Å². The minimum Gasteiger partial charge on any atom is -0.375 e. The lowest BCUT2D eigenvalue weighted by Gasteiger charge is -2.40. The Morgan fingerprint density at radius 3 is 2.19 bits per heavy atom. The van der Waals surface area contributed by atoms with E-state index < -0.39 is 0 Å². The van der Waals surface area contributed by atoms with E-state index in [2.05, 4.69) is 26.1 Å². The molecule has 2 rings (SSSR count). The topological polar surface area (TPSA) is 30.5 Å². The zero-order valence-electron chi connectivity index (χ0n) is 10.7. The molecule has 2 unspecified atom stereocenters. The van der Waals surface area contributed by atoms with E-state index in [0.717, 1.165) is 19.4 Å². The normalized spacial score (nSPS) is 44.1. The van der Waals surface area contributed by atoms with Crippen molar-refractivity contribution in [3.8, 4) is 0 Å². The average molecular weight is 227 g/mol. The van der Waals surface area contributed by atoms with Crippen LogP contribution in [0.25, 0.3) is 0 Å². The van der Waals surface area contributed by atoms with Crippen LogP contribution in [0.3, 0.4) is 0 Å². The number of nitrogens with one attached hydrogen (secondary N) is 1. The molecule has 0 radical (unpaired) electrons. The summed E-state index contributed by atoms with van der Waals surface area (Å²) in [5, 5.41) is 3.46. The van der Waals surface area contributed by atoms with Crippen LogP contribution in [0.2, 0.25) is 0 Å². The van der Waals surface area contributed by atoms with E-state index in [1.165, 1.54) is 12.8 Å². The molecule has 0 aromatic rings. The van der Waals surface area contributed by atoms with Gasteiger partial charge in [-0.25, -0.2) is 0 Å². The number of hydrogen-bond donors (Lipinski definition) is 1. The van der Waals surface area contributed by atoms with Gasteiger partial charge in [-0.3, -0.25) is 0 Å². The van der Waals surface area contributed by atoms with E-state index in [1.807, 2.05) is 0 Å². The third-order valence-corrected chi connectivity index (χ3v) is 3.63. The zero-order chi connectivity index (χ0) is 11.5. The Labute approximate surface area is 98.9 Å². The smallest absolute Gasteiger partial charge is 0.0628 e. The molecule has 1 aliphatic heterocycles. The quantitative estimate of drug-likeness (QED) is 0.798. The summed E-state index contributed by atoms with van der Waals surface area (Å²) in [4.78, 5) is 0. The van der Waals surface area contributed by atoms with Gasteiger partial charge in [0, 0.05) is 6.04 Å². The summed E-state index contributed by atoms with van der Waals surface area (Å²) in [5.41, 5.74) is 0. The summed E-state index contributed by atoms with van der Waals surface area (Å²) in [6, 6.07) is 0.699. The van der Waals surface area contributed by atoms with Crippen molar-refractivity contribution >= 4 is 0 Å². The van der Waals surface area contributed by atoms with Gasteiger partial charge in [0.2, 0.25) is 0 Å². The standard InChI is InChI=1S/C13H25NO2/c1-4-14-11-7-13(8-11)16-12-5-9(2)15-10(3)6-12/h9-14H,4-8H2,1-3H3. The van der Waals surface area contributed by atoms with Gasteiger partial charge < -0.3 is 14.8 Å². The van der Waals surface area contributed by atoms with Crippen molar-refractivity contribution < 1.29 is 9.47 Å². The van der Waals surface area contributed by atoms with Gasteiger partial charge >= 0.3 is 0 Å². The minimum absolute atomic E-state index is 0.360. The number of hydrogen-bond acceptors (Lipinski definition) is 3. The Morgan fingerprint density at radius 1 is 1.06 bits per heavy atom. The van der Waals surface area contributed by atoms with Crippen molar-refractivity contribution in [2.75, 3.05) is 6.54 Å². The molecule has 2 fully saturated rings. The highest BCUT2D eigenvalue weighted by Crippen LogP contribution is 2.29. The molecule has 1 heterocycles. The number of rotatable bonds is 4. The van der Waals surface area contributed by atoms with Crippen LogP contribution in [0.1, 0.15) is 46.5 Å². The second kappa shape index (κ2) is 5.48. The molecule has 0 aromatic heterocycles. The fourth-order valence-electron chi connectivity index (χ4n) is 2.86. The zero-order valence-corrected chi connectivity index (χ0v) is 10.7. The summed E-state index contributed by atoms with van der Waals surface area (Å²) in [5.74, 6) is 0. The van der Waals surface area contributed by atoms with Gasteiger partial charge in [0.15, 0.2) is 0 Å². The van der Waals surface area contributed by atoms with Gasteiger partial charge in [0.1, 0.15) is 0 Å². The van der Waals surface area contributed by atoms with Crippen molar-refractivity contribution in [1.29, 1.82) is 0 Å². The molecular weight excluding hydrogens is 202 g/mol. The van der Waals surface area contributed by atoms with Crippen LogP contribution in [0.5, 0.6) is 0 Å². The highest BCUT2D eigenvalue weighted by molar-refractivity contribution is 4.87. The summed E-state index contributed by atoms with van der Waals surface area (Å²) >= 11 is 0. The van der Waals surface area contributed by atoms with Crippen molar-refractivity contribution in [2.24, 2.45) is 0 Å². The van der Waals surface area contributed by atoms with Gasteiger partial charge in [-0.15, -0.1) is 0 Å². The first-order valence-electron chi connectivity index (χ1n) is 6.71. The predicted molar refractivity (Wildman–Crippen MR) is 64.6 cm³/mol. The Morgan fingerprint density at radius 2 is 1.62 bits per heavy atom. The lowest BCUT2D eigenvalue weighted by molar-refractivity contribution is -0.139. The van der Waals surface area contributed by atoms with Gasteiger partial charge in [-0.05, 0) is 46.1 Å². The van der Waals surface area contributed by atoms with E-state index in [4.69, 9.17) is 9.47 Å². The first kappa shape index (κ1) is 12.3. The first-order valence-corrected chi connectivity index (χ1v) is 6.71. The Hall–Kier alpha value is -0.120. The van der Waals surface area contributed by atoms with E-state index in [0.29, 0.717) is 30.5 Å². The molecule has 2 aliphatic rings. The fourth-order valence-corrected chi connectivity index (χ4v) is 2.86. The third-order valence-electron chi connectivity index (χ3n) is 3.63. The second-order valence-electron chi connectivity index (χ2n) is 5.33. The van der Waals surface area contributed by atoms with E-state index in [-0.39, 0.29) is 0 Å². The maximum absolute atomic E-state index is 6.12. The van der Waals surface area contributed by atoms with E-state index in [9.17, 15) is 0 Å². The molecular formula is C13H25NO2. The second-order valence-corrected chi connectivity index (χ2v) is 5.33. The summed E-state index contributed by atoms with van der Waals surface area (Å²) in [7, 11) is 0. The summed E-state index contributed by atoms with van der Waals surface area (Å²) in [6.45, 7) is 7.53. The third kappa shape index (κ3) is 3.19. The van der Waals surface area contributed by atoms with Gasteiger partial charge in [0.25, 0.3) is 0 Å². The molecule has 1 aliphatic carbocycles. The molecule has 1 saturated carbocycles. The first-order chi connectivity index (χ1) is 7.67. The largest absolute Gasteiger partial charge is 0.375 e. The minimum atomic E-state index is 0.360. The van der Waals surface area contributed by atoms with Gasteiger partial charge in [0.05, 0.1) is 24.4 Å². The molecule has 1 N–H and O–H groups in total. The fraction of sp³-hybridized carbons (Fsp3) is 1.00. The molecule has 0 amide bonds. The van der Waals surface area contributed by atoms with Crippen LogP contribution in [0, 0.1) is 0 Å². The molecule has 3 nitrogen and oxygen atoms in total. The summed E-state index contributed by atoms with van der Waals surface area (Å²) < 4.78 is 11.8. The van der Waals surface area contributed by atoms with Crippen molar-refractivity contribution in [1.82, 2.24) is 5.32 Å². The SMILES string of the molecule is CCNC1CC(OC2CC(C)OC(C)C2)C1. The highest BCUT2D eigenvalue weighted by Gasteiger charge is 2.33. The molecule has 0 spiro atoms. The molecule has 3 heteroatoms. The van der Waals surface area contributed by atoms with Crippen LogP contribution >= 0.6 is 0 Å². The van der Waals surface area contributed by atoms with Crippen LogP contribution < -0.4 is 5.32 Å². The maximum atomic E-state index is 6.12. The monoisotopic (exact) mass is 227 g/mol. The molecule has 0 aromatic carbocycles. The van der Waals surface area contributed by atoms with Crippen molar-refractivity contribution in [3.63, 3.8) is 0 Å². The molecule has 0 bridgehead atoms. The maximum Gasteiger partial charge on any atom is 0.0628 e. The number of ether oxygens (including phenoxy) is 2. The molecule has 16 heavy (non-hydrogen) atoms. The lowest BCUT2D eigenvalue weighted by Crippen LogP contribution is -2.47. The Balaban J connectivity index is 1.67. The predicted octanol–water partition coefficient (Wildman–Crippen LogP) is 2.10. The molecule has 2 atom stereocenters. The lowest BCUT2D eigenvalue weighted by atomic mass is 9.88. The van der Waals surface area contributed by atoms with Crippen LogP contribution in [-0.2, 0) is 9.47 Å². The van der Waals surface area contributed by atoms with E-state index in [1.54, 1.807) is 0 Å². The van der Waals surface area contributed by atoms with E-state index >= 15 is 0 Å². The Kier molecular flexibility index (Phi) is 4.22. The molecule has 94 valence electrons. The highest BCUT2D eigenvalue weighted by atomic mass is 16.5. The Bertz CT molecular complexity index is 206. The van der Waals surface area contributed by atoms with Gasteiger partial charge in [-0.2, -0.15) is 0 Å². The van der Waals surface area contributed by atoms with Gasteiger partial charge in [-0.1, -0.05) is 6.92 Å². The van der Waals surface area contributed by atoms with Crippen LogP contribution in [0.4, 0.5) is 0 Å². The summed E-state index contributed by atoms with van der Waals surface area (Å²) in [6.07, 6.45) is 6.14. The average Bonchev–Trinajstić information content (AvgIpc) is 2.13. The van der Waals surface area contributed by atoms with Crippen molar-refractivity contribution in [3.05, 3.63) is 0 Å².